The van der Waals surface area contributed by atoms with Crippen molar-refractivity contribution in [3.63, 3.8) is 0 Å². The van der Waals surface area contributed by atoms with Crippen LogP contribution in [0.1, 0.15) is 79.4 Å². The van der Waals surface area contributed by atoms with Gasteiger partial charge < -0.3 is 25.0 Å². The Morgan fingerprint density at radius 2 is 1.74 bits per heavy atom. The van der Waals surface area contributed by atoms with E-state index in [9.17, 15) is 19.1 Å². The number of carbonyl (C=O) groups is 2. The van der Waals surface area contributed by atoms with Gasteiger partial charge in [0.05, 0.1) is 17.5 Å². The molecule has 0 aliphatic heterocycles. The molecule has 254 valence electrons. The Kier molecular flexibility index (Phi) is 10.1. The molecule has 0 bridgehead atoms. The SMILES string of the molecule is CN(CC(C)(C)NC(=O)OC(C)(C)C)c1ccc(Nc2cc(N(C(=O)OC(C)(C)C)C3CC3)n3ncc(C#N)c3n2)cc1CS(C)=O. The molecule has 2 aromatic heterocycles. The van der Waals surface area contributed by atoms with Crippen LogP contribution in [0.15, 0.2) is 30.5 Å². The average molecular weight is 667 g/mol. The van der Waals surface area contributed by atoms with Crippen molar-refractivity contribution in [2.24, 2.45) is 0 Å². The van der Waals surface area contributed by atoms with Gasteiger partial charge in [-0.3, -0.25) is 9.11 Å². The van der Waals surface area contributed by atoms with Crippen LogP contribution in [0.25, 0.3) is 5.65 Å². The summed E-state index contributed by atoms with van der Waals surface area (Å²) in [5, 5.41) is 20.4. The minimum atomic E-state index is -1.15. The van der Waals surface area contributed by atoms with Crippen molar-refractivity contribution in [2.45, 2.75) is 96.8 Å². The maximum atomic E-state index is 13.4. The van der Waals surface area contributed by atoms with Crippen LogP contribution >= 0.6 is 0 Å². The first-order chi connectivity index (χ1) is 21.7. The first kappa shape index (κ1) is 35.5. The number of benzene rings is 1. The second kappa shape index (κ2) is 13.4. The molecular weight excluding hydrogens is 620 g/mol. The van der Waals surface area contributed by atoms with Gasteiger partial charge in [-0.2, -0.15) is 14.9 Å². The van der Waals surface area contributed by atoms with Crippen LogP contribution in [0.2, 0.25) is 0 Å². The predicted molar refractivity (Wildman–Crippen MR) is 184 cm³/mol. The Hall–Kier alpha value is -4.38. The van der Waals surface area contributed by atoms with Crippen LogP contribution in [0.4, 0.5) is 32.6 Å². The van der Waals surface area contributed by atoms with E-state index in [-0.39, 0.29) is 11.6 Å². The van der Waals surface area contributed by atoms with E-state index in [1.807, 2.05) is 85.5 Å². The predicted octanol–water partition coefficient (Wildman–Crippen LogP) is 5.87. The zero-order valence-electron chi connectivity index (χ0n) is 28.9. The molecular formula is C33H46N8O5S. The monoisotopic (exact) mass is 666 g/mol. The number of fused-ring (bicyclic) bond motifs is 1. The summed E-state index contributed by atoms with van der Waals surface area (Å²) in [5.74, 6) is 1.12. The number of amides is 2. The first-order valence-electron chi connectivity index (χ1n) is 15.5. The number of aromatic nitrogens is 3. The highest BCUT2D eigenvalue weighted by Crippen LogP contribution is 2.35. The minimum absolute atomic E-state index is 0.0620. The van der Waals surface area contributed by atoms with E-state index in [0.29, 0.717) is 35.3 Å². The Balaban J connectivity index is 1.67. The molecule has 1 aliphatic rings. The number of hydrogen-bond donors (Lipinski definition) is 2. The molecule has 1 unspecified atom stereocenters. The highest BCUT2D eigenvalue weighted by Gasteiger charge is 2.38. The number of nitrogens with zero attached hydrogens (tertiary/aromatic N) is 6. The van der Waals surface area contributed by atoms with Crippen LogP contribution in [-0.4, -0.2) is 73.6 Å². The number of nitrogens with one attached hydrogen (secondary N) is 2. The Bertz CT molecular complexity index is 1710. The largest absolute Gasteiger partial charge is 0.444 e. The molecule has 1 aliphatic carbocycles. The molecule has 47 heavy (non-hydrogen) atoms. The third-order valence-corrected chi connectivity index (χ3v) is 7.63. The number of ether oxygens (including phenoxy) is 2. The first-order valence-corrected chi connectivity index (χ1v) is 17.2. The zero-order chi connectivity index (χ0) is 34.9. The second-order valence-electron chi connectivity index (χ2n) is 14.5. The summed E-state index contributed by atoms with van der Waals surface area (Å²) in [7, 11) is 0.767. The van der Waals surface area contributed by atoms with Crippen LogP contribution in [0.5, 0.6) is 0 Å². The molecule has 2 heterocycles. The third kappa shape index (κ3) is 9.57. The van der Waals surface area contributed by atoms with E-state index in [1.54, 1.807) is 17.2 Å². The normalized spacial score (nSPS) is 14.2. The van der Waals surface area contributed by atoms with E-state index in [0.717, 1.165) is 24.1 Å². The number of hydrogen-bond acceptors (Lipinski definition) is 10. The van der Waals surface area contributed by atoms with Gasteiger partial charge in [0, 0.05) is 54.1 Å². The molecule has 1 saturated carbocycles. The fourth-order valence-corrected chi connectivity index (χ4v) is 5.82. The summed E-state index contributed by atoms with van der Waals surface area (Å²) in [6.07, 6.45) is 3.69. The molecule has 14 heteroatoms. The lowest BCUT2D eigenvalue weighted by atomic mass is 10.0. The summed E-state index contributed by atoms with van der Waals surface area (Å²) >= 11 is 0. The van der Waals surface area contributed by atoms with Crippen LogP contribution < -0.4 is 20.4 Å². The lowest BCUT2D eigenvalue weighted by molar-refractivity contribution is 0.0474. The number of rotatable bonds is 10. The van der Waals surface area contributed by atoms with Gasteiger partial charge in [0.25, 0.3) is 0 Å². The number of anilines is 4. The molecule has 4 rings (SSSR count). The Morgan fingerprint density at radius 1 is 1.09 bits per heavy atom. The van der Waals surface area contributed by atoms with Crippen molar-refractivity contribution in [1.29, 1.82) is 5.26 Å². The summed E-state index contributed by atoms with van der Waals surface area (Å²) in [4.78, 5) is 34.1. The summed E-state index contributed by atoms with van der Waals surface area (Å²) in [6, 6.07) is 9.48. The van der Waals surface area contributed by atoms with E-state index < -0.39 is 39.7 Å². The Labute approximate surface area is 279 Å². The van der Waals surface area contributed by atoms with Gasteiger partial charge in [0.15, 0.2) is 5.65 Å². The minimum Gasteiger partial charge on any atom is -0.444 e. The topological polar surface area (TPSA) is 154 Å². The summed E-state index contributed by atoms with van der Waals surface area (Å²) in [5.41, 5.74) is 0.939. The van der Waals surface area contributed by atoms with Gasteiger partial charge in [0.1, 0.15) is 34.5 Å². The summed E-state index contributed by atoms with van der Waals surface area (Å²) in [6.45, 7) is 15.2. The number of nitriles is 1. The van der Waals surface area contributed by atoms with E-state index >= 15 is 0 Å². The highest BCUT2D eigenvalue weighted by atomic mass is 32.2. The lowest BCUT2D eigenvalue weighted by Crippen LogP contribution is -2.52. The maximum absolute atomic E-state index is 13.4. The van der Waals surface area contributed by atoms with Gasteiger partial charge in [-0.05, 0) is 92.0 Å². The number of alkyl carbamates (subject to hydrolysis) is 1. The number of likely N-dealkylation sites (N-methyl/N-ethyl adjacent to an activating group) is 1. The number of carbonyl (C=O) groups excluding carboxylic acids is 2. The van der Waals surface area contributed by atoms with Gasteiger partial charge in [-0.15, -0.1) is 0 Å². The van der Waals surface area contributed by atoms with E-state index in [1.165, 1.54) is 10.7 Å². The molecule has 2 N–H and O–H groups in total. The van der Waals surface area contributed by atoms with Crippen molar-refractivity contribution in [1.82, 2.24) is 19.9 Å². The fraction of sp³-hybridized carbons (Fsp3) is 0.545. The van der Waals surface area contributed by atoms with Crippen LogP contribution in [-0.2, 0) is 26.0 Å². The van der Waals surface area contributed by atoms with E-state index in [2.05, 4.69) is 26.8 Å². The van der Waals surface area contributed by atoms with Crippen molar-refractivity contribution in [2.75, 3.05) is 35.0 Å². The van der Waals surface area contributed by atoms with Crippen LogP contribution in [0, 0.1) is 11.3 Å². The van der Waals surface area contributed by atoms with Gasteiger partial charge in [-0.1, -0.05) is 0 Å². The molecule has 3 aromatic rings. The molecule has 2 amide bonds. The van der Waals surface area contributed by atoms with Crippen molar-refractivity contribution < 1.29 is 23.3 Å². The summed E-state index contributed by atoms with van der Waals surface area (Å²) < 4.78 is 25.1. The Morgan fingerprint density at radius 3 is 2.32 bits per heavy atom. The van der Waals surface area contributed by atoms with Crippen molar-refractivity contribution >= 4 is 51.6 Å². The highest BCUT2D eigenvalue weighted by molar-refractivity contribution is 7.83. The van der Waals surface area contributed by atoms with Gasteiger partial charge in [0.2, 0.25) is 0 Å². The average Bonchev–Trinajstić information content (AvgIpc) is 3.63. The quantitative estimate of drug-likeness (QED) is 0.269. The molecule has 0 saturated heterocycles. The molecule has 1 atom stereocenters. The molecule has 1 fully saturated rings. The van der Waals surface area contributed by atoms with Gasteiger partial charge >= 0.3 is 12.2 Å². The van der Waals surface area contributed by atoms with Crippen LogP contribution in [0.3, 0.4) is 0 Å². The fourth-order valence-electron chi connectivity index (χ4n) is 5.15. The third-order valence-electron chi connectivity index (χ3n) is 6.92. The van der Waals surface area contributed by atoms with E-state index in [4.69, 9.17) is 9.47 Å². The molecule has 0 radical (unpaired) electrons. The lowest BCUT2D eigenvalue weighted by Gasteiger charge is -2.34. The zero-order valence-corrected chi connectivity index (χ0v) is 29.7. The van der Waals surface area contributed by atoms with Crippen molar-refractivity contribution in [3.05, 3.63) is 41.6 Å². The maximum Gasteiger partial charge on any atom is 0.416 e. The molecule has 1 aromatic carbocycles. The molecule has 13 nitrogen and oxygen atoms in total. The smallest absolute Gasteiger partial charge is 0.416 e. The van der Waals surface area contributed by atoms with Crippen molar-refractivity contribution in [3.8, 4) is 6.07 Å². The standard InChI is InChI=1S/C33H46N8O5S/c1-31(2,3)45-29(42)38-33(7,8)20-39(9)25-14-11-23(15-21(25)19-47(10)44)36-26-16-27(41-28(37-26)22(17-34)18-35-41)40(24-12-13-24)30(43)46-32(4,5)6/h11,14-16,18,24H,12-13,19-20H2,1-10H3,(H,36,37)(H,38,42). The van der Waals surface area contributed by atoms with Gasteiger partial charge in [-0.25, -0.2) is 14.6 Å². The second-order valence-corrected chi connectivity index (χ2v) is 16.0. The molecule has 0 spiro atoms.